The number of rotatable bonds is 5. The highest BCUT2D eigenvalue weighted by Crippen LogP contribution is 2.28. The highest BCUT2D eigenvalue weighted by atomic mass is 16.5. The third-order valence-corrected chi connectivity index (χ3v) is 3.54. The van der Waals surface area contributed by atoms with Crippen molar-refractivity contribution in [3.63, 3.8) is 0 Å². The summed E-state index contributed by atoms with van der Waals surface area (Å²) < 4.78 is 5.42. The largest absolute Gasteiger partial charge is 0.399 e. The second-order valence-electron chi connectivity index (χ2n) is 5.26. The van der Waals surface area contributed by atoms with Crippen molar-refractivity contribution in [3.05, 3.63) is 29.3 Å². The number of nitrogen functional groups attached to an aromatic ring is 1. The molecule has 1 unspecified atom stereocenters. The van der Waals surface area contributed by atoms with Gasteiger partial charge in [0.05, 0.1) is 23.8 Å². The first-order valence-electron chi connectivity index (χ1n) is 6.82. The number of nitrogens with zero attached hydrogens (tertiary/aromatic N) is 1. The van der Waals surface area contributed by atoms with Crippen molar-refractivity contribution in [1.29, 1.82) is 0 Å². The zero-order valence-corrected chi connectivity index (χ0v) is 12.1. The van der Waals surface area contributed by atoms with Crippen molar-refractivity contribution >= 4 is 17.5 Å². The molecule has 2 amide bonds. The van der Waals surface area contributed by atoms with Crippen molar-refractivity contribution in [3.8, 4) is 0 Å². The Labute approximate surface area is 118 Å². The Morgan fingerprint density at radius 2 is 1.85 bits per heavy atom. The highest BCUT2D eigenvalue weighted by Gasteiger charge is 2.41. The van der Waals surface area contributed by atoms with Gasteiger partial charge in [0, 0.05) is 12.3 Å². The Bertz CT molecular complexity index is 540. The number of fused-ring (bicyclic) bond motifs is 1. The van der Waals surface area contributed by atoms with Crippen molar-refractivity contribution in [2.75, 3.05) is 18.9 Å². The molecule has 0 bridgehead atoms. The van der Waals surface area contributed by atoms with E-state index in [1.165, 1.54) is 4.90 Å². The van der Waals surface area contributed by atoms with Crippen LogP contribution in [-0.2, 0) is 4.74 Å². The molecule has 1 heterocycles. The number of ether oxygens (including phenoxy) is 1. The van der Waals surface area contributed by atoms with Crippen LogP contribution in [-0.4, -0.2) is 36.0 Å². The second-order valence-corrected chi connectivity index (χ2v) is 5.26. The molecule has 1 aliphatic rings. The fraction of sp³-hybridized carbons (Fsp3) is 0.467. The summed E-state index contributed by atoms with van der Waals surface area (Å²) in [5.74, 6) is -0.416. The molecular weight excluding hydrogens is 256 g/mol. The summed E-state index contributed by atoms with van der Waals surface area (Å²) in [7, 11) is 0. The fourth-order valence-corrected chi connectivity index (χ4v) is 2.38. The van der Waals surface area contributed by atoms with E-state index in [2.05, 4.69) is 0 Å². The number of hydrogen-bond acceptors (Lipinski definition) is 4. The van der Waals surface area contributed by atoms with E-state index < -0.39 is 0 Å². The molecular formula is C15H20N2O3. The van der Waals surface area contributed by atoms with Crippen LogP contribution in [0.15, 0.2) is 18.2 Å². The zero-order chi connectivity index (χ0) is 14.9. The summed E-state index contributed by atoms with van der Waals surface area (Å²) in [6.07, 6.45) is 0. The lowest BCUT2D eigenvalue weighted by molar-refractivity contribution is 0.0326. The van der Waals surface area contributed by atoms with E-state index in [9.17, 15) is 9.59 Å². The molecule has 1 aliphatic heterocycles. The van der Waals surface area contributed by atoms with Crippen LogP contribution in [0.4, 0.5) is 5.69 Å². The minimum Gasteiger partial charge on any atom is -0.399 e. The second kappa shape index (κ2) is 5.63. The van der Waals surface area contributed by atoms with Gasteiger partial charge in [-0.15, -0.1) is 0 Å². The first kappa shape index (κ1) is 14.5. The van der Waals surface area contributed by atoms with Crippen LogP contribution in [0.25, 0.3) is 0 Å². The normalized spacial score (nSPS) is 15.9. The molecule has 2 rings (SSSR count). The van der Waals surface area contributed by atoms with Crippen LogP contribution in [0.2, 0.25) is 0 Å². The van der Waals surface area contributed by atoms with E-state index in [4.69, 9.17) is 10.5 Å². The summed E-state index contributed by atoms with van der Waals surface area (Å²) >= 11 is 0. The lowest BCUT2D eigenvalue weighted by Crippen LogP contribution is -2.45. The highest BCUT2D eigenvalue weighted by molar-refractivity contribution is 6.21. The van der Waals surface area contributed by atoms with Crippen molar-refractivity contribution in [2.24, 2.45) is 5.92 Å². The number of benzene rings is 1. The first-order chi connectivity index (χ1) is 9.47. The number of carbonyl (C=O) groups is 2. The standard InChI is InChI=1S/C15H20N2O3/c1-4-20-8-13(9(2)3)17-14(18)11-6-5-10(16)7-12(11)15(17)19/h5-7,9,13H,4,8,16H2,1-3H3. The lowest BCUT2D eigenvalue weighted by atomic mass is 10.0. The van der Waals surface area contributed by atoms with Gasteiger partial charge in [0.25, 0.3) is 11.8 Å². The van der Waals surface area contributed by atoms with Gasteiger partial charge >= 0.3 is 0 Å². The molecule has 0 fully saturated rings. The predicted octanol–water partition coefficient (Wildman–Crippen LogP) is 1.93. The third-order valence-electron chi connectivity index (χ3n) is 3.54. The summed E-state index contributed by atoms with van der Waals surface area (Å²) in [4.78, 5) is 26.2. The van der Waals surface area contributed by atoms with E-state index in [1.807, 2.05) is 20.8 Å². The zero-order valence-electron chi connectivity index (χ0n) is 12.1. The monoisotopic (exact) mass is 276 g/mol. The molecule has 2 N–H and O–H groups in total. The molecule has 1 atom stereocenters. The number of amides is 2. The lowest BCUT2D eigenvalue weighted by Gasteiger charge is -2.29. The third kappa shape index (κ3) is 2.41. The van der Waals surface area contributed by atoms with Gasteiger partial charge in [0.1, 0.15) is 0 Å². The Morgan fingerprint density at radius 3 is 2.45 bits per heavy atom. The van der Waals surface area contributed by atoms with Crippen LogP contribution >= 0.6 is 0 Å². The minimum atomic E-state index is -0.282. The maximum absolute atomic E-state index is 12.5. The average molecular weight is 276 g/mol. The summed E-state index contributed by atoms with van der Waals surface area (Å²) in [6, 6.07) is 4.56. The Morgan fingerprint density at radius 1 is 1.20 bits per heavy atom. The Hall–Kier alpha value is -1.88. The quantitative estimate of drug-likeness (QED) is 0.659. The van der Waals surface area contributed by atoms with Gasteiger partial charge in [-0.2, -0.15) is 0 Å². The number of anilines is 1. The van der Waals surface area contributed by atoms with Gasteiger partial charge in [-0.05, 0) is 31.0 Å². The number of imide groups is 1. The minimum absolute atomic E-state index is 0.126. The molecule has 0 aliphatic carbocycles. The molecule has 0 saturated heterocycles. The summed E-state index contributed by atoms with van der Waals surface area (Å²) in [6.45, 7) is 6.75. The van der Waals surface area contributed by atoms with Gasteiger partial charge in [-0.1, -0.05) is 13.8 Å². The number of nitrogens with two attached hydrogens (primary N) is 1. The molecule has 0 saturated carbocycles. The summed E-state index contributed by atoms with van der Waals surface area (Å²) in [5.41, 5.74) is 6.99. The van der Waals surface area contributed by atoms with Crippen LogP contribution in [0.3, 0.4) is 0 Å². The van der Waals surface area contributed by atoms with Crippen LogP contribution < -0.4 is 5.73 Å². The Balaban J connectivity index is 2.34. The predicted molar refractivity (Wildman–Crippen MR) is 76.5 cm³/mol. The van der Waals surface area contributed by atoms with Crippen molar-refractivity contribution in [2.45, 2.75) is 26.8 Å². The summed E-state index contributed by atoms with van der Waals surface area (Å²) in [5, 5.41) is 0. The molecule has 5 heteroatoms. The molecule has 108 valence electrons. The molecule has 1 aromatic carbocycles. The van der Waals surface area contributed by atoms with E-state index >= 15 is 0 Å². The van der Waals surface area contributed by atoms with E-state index in [-0.39, 0.29) is 23.8 Å². The first-order valence-corrected chi connectivity index (χ1v) is 6.82. The fourth-order valence-electron chi connectivity index (χ4n) is 2.38. The van der Waals surface area contributed by atoms with Crippen LogP contribution in [0.5, 0.6) is 0 Å². The van der Waals surface area contributed by atoms with Gasteiger partial charge in [-0.3, -0.25) is 14.5 Å². The molecule has 0 aromatic heterocycles. The van der Waals surface area contributed by atoms with Crippen molar-refractivity contribution < 1.29 is 14.3 Å². The molecule has 5 nitrogen and oxygen atoms in total. The van der Waals surface area contributed by atoms with Crippen molar-refractivity contribution in [1.82, 2.24) is 4.90 Å². The van der Waals surface area contributed by atoms with Gasteiger partial charge < -0.3 is 10.5 Å². The SMILES string of the molecule is CCOCC(C(C)C)N1C(=O)c2ccc(N)cc2C1=O. The van der Waals surface area contributed by atoms with Crippen LogP contribution in [0.1, 0.15) is 41.5 Å². The smallest absolute Gasteiger partial charge is 0.261 e. The molecule has 0 spiro atoms. The van der Waals surface area contributed by atoms with E-state index in [0.29, 0.717) is 30.0 Å². The van der Waals surface area contributed by atoms with Crippen LogP contribution in [0, 0.1) is 5.92 Å². The number of carbonyl (C=O) groups excluding carboxylic acids is 2. The van der Waals surface area contributed by atoms with Gasteiger partial charge in [-0.25, -0.2) is 0 Å². The molecule has 20 heavy (non-hydrogen) atoms. The topological polar surface area (TPSA) is 72.6 Å². The Kier molecular flexibility index (Phi) is 4.09. The molecule has 0 radical (unpaired) electrons. The number of hydrogen-bond donors (Lipinski definition) is 1. The molecule has 1 aromatic rings. The van der Waals surface area contributed by atoms with Gasteiger partial charge in [0.15, 0.2) is 0 Å². The average Bonchev–Trinajstić information content (AvgIpc) is 2.63. The van der Waals surface area contributed by atoms with Gasteiger partial charge in [0.2, 0.25) is 0 Å². The van der Waals surface area contributed by atoms with E-state index in [0.717, 1.165) is 0 Å². The maximum Gasteiger partial charge on any atom is 0.261 e. The van der Waals surface area contributed by atoms with E-state index in [1.54, 1.807) is 18.2 Å². The maximum atomic E-state index is 12.5.